The first-order chi connectivity index (χ1) is 10.5. The molecule has 2 amide bonds. The highest BCUT2D eigenvalue weighted by atomic mass is 32.2. The topological polar surface area (TPSA) is 78.4 Å². The van der Waals surface area contributed by atoms with Gasteiger partial charge in [-0.25, -0.2) is 4.39 Å². The number of nitrogens with one attached hydrogen (secondary N) is 2. The third kappa shape index (κ3) is 3.10. The number of hydrogen-bond donors (Lipinski definition) is 3. The van der Waals surface area contributed by atoms with Crippen molar-refractivity contribution in [1.29, 1.82) is 0 Å². The Morgan fingerprint density at radius 2 is 2.27 bits per heavy atom. The van der Waals surface area contributed by atoms with E-state index in [0.29, 0.717) is 30.7 Å². The fourth-order valence-electron chi connectivity index (χ4n) is 2.65. The number of amides is 2. The smallest absolute Gasteiger partial charge is 0.254 e. The summed E-state index contributed by atoms with van der Waals surface area (Å²) in [5.41, 5.74) is 0.223. The van der Waals surface area contributed by atoms with E-state index in [2.05, 4.69) is 10.6 Å². The number of benzene rings is 1. The number of rotatable bonds is 3. The molecule has 0 saturated carbocycles. The van der Waals surface area contributed by atoms with Gasteiger partial charge in [0.1, 0.15) is 5.82 Å². The summed E-state index contributed by atoms with van der Waals surface area (Å²) in [6, 6.07) is 2.66. The van der Waals surface area contributed by atoms with Crippen LogP contribution in [0.25, 0.3) is 0 Å². The second-order valence-electron chi connectivity index (χ2n) is 5.75. The number of carbonyl (C=O) groups is 2. The first-order valence-corrected chi connectivity index (χ1v) is 8.33. The molecule has 1 unspecified atom stereocenters. The van der Waals surface area contributed by atoms with Crippen molar-refractivity contribution in [2.45, 2.75) is 24.9 Å². The SMILES string of the molecule is O=C1CCc2cc(C(=O)NCC3(O)CCSC3)c(F)cc2N1. The second-order valence-corrected chi connectivity index (χ2v) is 6.85. The monoisotopic (exact) mass is 324 g/mol. The summed E-state index contributed by atoms with van der Waals surface area (Å²) >= 11 is 1.63. The highest BCUT2D eigenvalue weighted by Gasteiger charge is 2.32. The van der Waals surface area contributed by atoms with Gasteiger partial charge >= 0.3 is 0 Å². The van der Waals surface area contributed by atoms with Crippen LogP contribution in [0.2, 0.25) is 0 Å². The minimum atomic E-state index is -0.904. The van der Waals surface area contributed by atoms with Crippen LogP contribution in [-0.4, -0.2) is 40.6 Å². The highest BCUT2D eigenvalue weighted by Crippen LogP contribution is 2.28. The molecule has 1 aromatic carbocycles. The Bertz CT molecular complexity index is 629. The van der Waals surface area contributed by atoms with Crippen molar-refractivity contribution < 1.29 is 19.1 Å². The van der Waals surface area contributed by atoms with Crippen molar-refractivity contribution in [2.75, 3.05) is 23.4 Å². The maximum atomic E-state index is 14.1. The molecule has 3 rings (SSSR count). The molecule has 118 valence electrons. The van der Waals surface area contributed by atoms with Gasteiger partial charge in [0.25, 0.3) is 5.91 Å². The Kier molecular flexibility index (Phi) is 4.10. The highest BCUT2D eigenvalue weighted by molar-refractivity contribution is 7.99. The van der Waals surface area contributed by atoms with E-state index in [1.807, 2.05) is 0 Å². The molecular formula is C15H17FN2O3S. The predicted molar refractivity (Wildman–Crippen MR) is 82.6 cm³/mol. The zero-order chi connectivity index (χ0) is 15.7. The minimum Gasteiger partial charge on any atom is -0.387 e. The van der Waals surface area contributed by atoms with E-state index in [1.165, 1.54) is 12.1 Å². The van der Waals surface area contributed by atoms with Crippen LogP contribution >= 0.6 is 11.8 Å². The van der Waals surface area contributed by atoms with Crippen LogP contribution in [0.4, 0.5) is 10.1 Å². The zero-order valence-corrected chi connectivity index (χ0v) is 12.8. The summed E-state index contributed by atoms with van der Waals surface area (Å²) in [6.45, 7) is 0.117. The number of halogens is 1. The van der Waals surface area contributed by atoms with Crippen molar-refractivity contribution in [3.05, 3.63) is 29.1 Å². The van der Waals surface area contributed by atoms with Crippen molar-refractivity contribution >= 4 is 29.3 Å². The lowest BCUT2D eigenvalue weighted by Crippen LogP contribution is -2.43. The number of fused-ring (bicyclic) bond motifs is 1. The molecule has 2 heterocycles. The normalized spacial score (nSPS) is 23.8. The van der Waals surface area contributed by atoms with E-state index >= 15 is 0 Å². The first kappa shape index (κ1) is 15.3. The Morgan fingerprint density at radius 1 is 1.45 bits per heavy atom. The Balaban J connectivity index is 1.73. The maximum absolute atomic E-state index is 14.1. The van der Waals surface area contributed by atoms with E-state index in [4.69, 9.17) is 0 Å². The quantitative estimate of drug-likeness (QED) is 0.783. The molecular weight excluding hydrogens is 307 g/mol. The average molecular weight is 324 g/mol. The third-order valence-corrected chi connectivity index (χ3v) is 5.23. The lowest BCUT2D eigenvalue weighted by Gasteiger charge is -2.22. The van der Waals surface area contributed by atoms with Gasteiger partial charge in [-0.2, -0.15) is 11.8 Å². The van der Waals surface area contributed by atoms with Gasteiger partial charge in [0.2, 0.25) is 5.91 Å². The number of carbonyl (C=O) groups excluding carboxylic acids is 2. The molecule has 3 N–H and O–H groups in total. The zero-order valence-electron chi connectivity index (χ0n) is 11.9. The third-order valence-electron chi connectivity index (χ3n) is 3.99. The van der Waals surface area contributed by atoms with E-state index in [0.717, 1.165) is 11.3 Å². The lowest BCUT2D eigenvalue weighted by molar-refractivity contribution is -0.116. The lowest BCUT2D eigenvalue weighted by atomic mass is 9.99. The molecule has 1 saturated heterocycles. The van der Waals surface area contributed by atoms with Crippen LogP contribution in [0, 0.1) is 5.82 Å². The molecule has 1 atom stereocenters. The van der Waals surface area contributed by atoms with Gasteiger partial charge in [0.15, 0.2) is 0 Å². The van der Waals surface area contributed by atoms with Crippen molar-refractivity contribution in [2.24, 2.45) is 0 Å². The van der Waals surface area contributed by atoms with Gasteiger partial charge < -0.3 is 15.7 Å². The van der Waals surface area contributed by atoms with Crippen LogP contribution < -0.4 is 10.6 Å². The molecule has 5 nitrogen and oxygen atoms in total. The molecule has 2 aliphatic rings. The Morgan fingerprint density at radius 3 is 3.00 bits per heavy atom. The van der Waals surface area contributed by atoms with Gasteiger partial charge in [-0.1, -0.05) is 0 Å². The molecule has 7 heteroatoms. The fourth-order valence-corrected chi connectivity index (χ4v) is 3.95. The molecule has 22 heavy (non-hydrogen) atoms. The van der Waals surface area contributed by atoms with E-state index in [1.54, 1.807) is 11.8 Å². The molecule has 2 aliphatic heterocycles. The number of anilines is 1. The standard InChI is InChI=1S/C15H17FN2O3S/c16-11-6-12-9(1-2-13(19)18-12)5-10(11)14(20)17-7-15(21)3-4-22-8-15/h5-6,21H,1-4,7-8H2,(H,17,20)(H,18,19). The van der Waals surface area contributed by atoms with Crippen molar-refractivity contribution in [1.82, 2.24) is 5.32 Å². The maximum Gasteiger partial charge on any atom is 0.254 e. The Labute approximate surface area is 131 Å². The molecule has 1 fully saturated rings. The summed E-state index contributed by atoms with van der Waals surface area (Å²) in [7, 11) is 0. The number of thioether (sulfide) groups is 1. The minimum absolute atomic E-state index is 0.0517. The number of hydrogen-bond acceptors (Lipinski definition) is 4. The largest absolute Gasteiger partial charge is 0.387 e. The molecule has 0 bridgehead atoms. The van der Waals surface area contributed by atoms with Gasteiger partial charge in [-0.05, 0) is 36.3 Å². The molecule has 0 aliphatic carbocycles. The van der Waals surface area contributed by atoms with E-state index in [9.17, 15) is 19.1 Å². The van der Waals surface area contributed by atoms with Gasteiger partial charge in [0, 0.05) is 24.4 Å². The summed E-state index contributed by atoms with van der Waals surface area (Å²) in [4.78, 5) is 23.5. The van der Waals surface area contributed by atoms with Crippen LogP contribution in [0.3, 0.4) is 0 Å². The molecule has 1 aromatic rings. The van der Waals surface area contributed by atoms with Gasteiger partial charge in [-0.15, -0.1) is 0 Å². The van der Waals surface area contributed by atoms with E-state index in [-0.39, 0.29) is 18.0 Å². The van der Waals surface area contributed by atoms with Gasteiger partial charge in [-0.3, -0.25) is 9.59 Å². The molecule has 0 spiro atoms. The molecule has 0 aromatic heterocycles. The van der Waals surface area contributed by atoms with Crippen LogP contribution in [0.5, 0.6) is 0 Å². The number of aryl methyl sites for hydroxylation is 1. The van der Waals surface area contributed by atoms with Crippen LogP contribution in [0.15, 0.2) is 12.1 Å². The second kappa shape index (κ2) is 5.89. The van der Waals surface area contributed by atoms with E-state index < -0.39 is 17.3 Å². The summed E-state index contributed by atoms with van der Waals surface area (Å²) in [5, 5.41) is 15.4. The fraction of sp³-hybridized carbons (Fsp3) is 0.467. The van der Waals surface area contributed by atoms with Crippen molar-refractivity contribution in [3.8, 4) is 0 Å². The van der Waals surface area contributed by atoms with Crippen LogP contribution in [-0.2, 0) is 11.2 Å². The van der Waals surface area contributed by atoms with Crippen molar-refractivity contribution in [3.63, 3.8) is 0 Å². The average Bonchev–Trinajstić information content (AvgIpc) is 2.91. The van der Waals surface area contributed by atoms with Gasteiger partial charge in [0.05, 0.1) is 11.2 Å². The Hall–Kier alpha value is -1.60. The van der Waals surface area contributed by atoms with Crippen LogP contribution in [0.1, 0.15) is 28.8 Å². The molecule has 0 radical (unpaired) electrons. The number of aliphatic hydroxyl groups is 1. The predicted octanol–water partition coefficient (Wildman–Crippen LogP) is 1.31. The first-order valence-electron chi connectivity index (χ1n) is 7.17. The summed E-state index contributed by atoms with van der Waals surface area (Å²) in [6.07, 6.45) is 1.44. The summed E-state index contributed by atoms with van der Waals surface area (Å²) < 4.78 is 14.1. The summed E-state index contributed by atoms with van der Waals surface area (Å²) in [5.74, 6) is 0.0736.